The lowest BCUT2D eigenvalue weighted by molar-refractivity contribution is 0.101. The SMILES string of the molecule is Nc1ccc(C(=O)Nc2ccc(NC(=O)c3cccc(C(=O)Nc4ccc(NC(=O)c5ccc(N)cc5)cc4)c3O)cc2)cc1. The molecule has 0 unspecified atom stereocenters. The van der Waals surface area contributed by atoms with Crippen molar-refractivity contribution in [2.24, 2.45) is 0 Å². The van der Waals surface area contributed by atoms with Crippen LogP contribution in [0, 0.1) is 0 Å². The van der Waals surface area contributed by atoms with Crippen LogP contribution >= 0.6 is 0 Å². The maximum atomic E-state index is 13.0. The van der Waals surface area contributed by atoms with Gasteiger partial charge in [0, 0.05) is 45.3 Å². The predicted octanol–water partition coefficient (Wildman–Crippen LogP) is 5.57. The number of para-hydroxylation sites is 1. The molecule has 4 amide bonds. The number of nitrogen functional groups attached to an aromatic ring is 2. The van der Waals surface area contributed by atoms with E-state index in [0.29, 0.717) is 45.3 Å². The Morgan fingerprint density at radius 2 is 0.711 bits per heavy atom. The van der Waals surface area contributed by atoms with Crippen molar-refractivity contribution in [3.8, 4) is 5.75 Å². The molecule has 5 aromatic carbocycles. The molecule has 224 valence electrons. The van der Waals surface area contributed by atoms with Crippen molar-refractivity contribution in [1.82, 2.24) is 0 Å². The van der Waals surface area contributed by atoms with Crippen molar-refractivity contribution in [2.75, 3.05) is 32.7 Å². The third-order valence-corrected chi connectivity index (χ3v) is 6.67. The average molecular weight is 601 g/mol. The number of amides is 4. The Hall–Kier alpha value is -6.62. The van der Waals surface area contributed by atoms with Gasteiger partial charge in [0.2, 0.25) is 0 Å². The fourth-order valence-electron chi connectivity index (χ4n) is 4.26. The molecule has 45 heavy (non-hydrogen) atoms. The Labute approximate surface area is 257 Å². The molecule has 0 atom stereocenters. The van der Waals surface area contributed by atoms with Gasteiger partial charge in [-0.25, -0.2) is 0 Å². The van der Waals surface area contributed by atoms with Gasteiger partial charge in [-0.1, -0.05) is 6.07 Å². The number of hydrogen-bond donors (Lipinski definition) is 7. The second-order valence-corrected chi connectivity index (χ2v) is 9.92. The molecule has 5 aromatic rings. The van der Waals surface area contributed by atoms with Crippen LogP contribution in [0.15, 0.2) is 115 Å². The summed E-state index contributed by atoms with van der Waals surface area (Å²) in [6, 6.07) is 30.1. The number of nitrogens with two attached hydrogens (primary N) is 2. The minimum absolute atomic E-state index is 0.107. The predicted molar refractivity (Wildman–Crippen MR) is 175 cm³/mol. The summed E-state index contributed by atoms with van der Waals surface area (Å²) in [5.74, 6) is -2.40. The lowest BCUT2D eigenvalue weighted by atomic mass is 10.1. The first-order chi connectivity index (χ1) is 21.7. The van der Waals surface area contributed by atoms with Gasteiger partial charge in [-0.15, -0.1) is 0 Å². The van der Waals surface area contributed by atoms with E-state index in [9.17, 15) is 24.3 Å². The normalized spacial score (nSPS) is 10.4. The van der Waals surface area contributed by atoms with E-state index in [0.717, 1.165) is 0 Å². The number of carbonyl (C=O) groups is 4. The van der Waals surface area contributed by atoms with Crippen molar-refractivity contribution in [3.05, 3.63) is 138 Å². The number of phenolic OH excluding ortho intramolecular Hbond substituents is 1. The van der Waals surface area contributed by atoms with Gasteiger partial charge in [-0.05, 0) is 109 Å². The molecule has 0 radical (unpaired) electrons. The van der Waals surface area contributed by atoms with Crippen molar-refractivity contribution < 1.29 is 24.3 Å². The van der Waals surface area contributed by atoms with E-state index in [-0.39, 0.29) is 22.9 Å². The number of nitrogens with one attached hydrogen (secondary N) is 4. The van der Waals surface area contributed by atoms with E-state index in [1.54, 1.807) is 97.1 Å². The van der Waals surface area contributed by atoms with E-state index >= 15 is 0 Å². The molecule has 0 bridgehead atoms. The number of rotatable bonds is 8. The maximum absolute atomic E-state index is 13.0. The van der Waals surface area contributed by atoms with Crippen LogP contribution in [0.25, 0.3) is 0 Å². The maximum Gasteiger partial charge on any atom is 0.259 e. The van der Waals surface area contributed by atoms with Gasteiger partial charge >= 0.3 is 0 Å². The largest absolute Gasteiger partial charge is 0.506 e. The zero-order chi connectivity index (χ0) is 31.9. The Morgan fingerprint density at radius 3 is 1.02 bits per heavy atom. The second-order valence-electron chi connectivity index (χ2n) is 9.92. The van der Waals surface area contributed by atoms with Crippen molar-refractivity contribution in [2.45, 2.75) is 0 Å². The molecule has 0 saturated carbocycles. The van der Waals surface area contributed by atoms with Gasteiger partial charge in [-0.2, -0.15) is 0 Å². The highest BCUT2D eigenvalue weighted by atomic mass is 16.3. The zero-order valence-electron chi connectivity index (χ0n) is 23.7. The van der Waals surface area contributed by atoms with Crippen LogP contribution in [0.2, 0.25) is 0 Å². The molecule has 0 aromatic heterocycles. The Balaban J connectivity index is 1.19. The summed E-state index contributed by atoms with van der Waals surface area (Å²) in [7, 11) is 0. The van der Waals surface area contributed by atoms with Crippen LogP contribution < -0.4 is 32.7 Å². The molecule has 9 N–H and O–H groups in total. The summed E-state index contributed by atoms with van der Waals surface area (Å²) in [4.78, 5) is 50.8. The van der Waals surface area contributed by atoms with E-state index in [1.165, 1.54) is 18.2 Å². The van der Waals surface area contributed by atoms with Crippen LogP contribution in [0.5, 0.6) is 5.75 Å². The van der Waals surface area contributed by atoms with E-state index in [2.05, 4.69) is 21.3 Å². The summed E-state index contributed by atoms with van der Waals surface area (Å²) in [6.45, 7) is 0. The molecule has 0 aliphatic rings. The van der Waals surface area contributed by atoms with Crippen LogP contribution in [0.4, 0.5) is 34.1 Å². The van der Waals surface area contributed by atoms with Crippen LogP contribution in [-0.2, 0) is 0 Å². The van der Waals surface area contributed by atoms with E-state index in [1.807, 2.05) is 0 Å². The minimum Gasteiger partial charge on any atom is -0.506 e. The summed E-state index contributed by atoms with van der Waals surface area (Å²) < 4.78 is 0. The lowest BCUT2D eigenvalue weighted by Gasteiger charge is -2.12. The Morgan fingerprint density at radius 1 is 0.422 bits per heavy atom. The van der Waals surface area contributed by atoms with Gasteiger partial charge < -0.3 is 37.8 Å². The lowest BCUT2D eigenvalue weighted by Crippen LogP contribution is -2.16. The number of benzene rings is 5. The first kappa shape index (κ1) is 29.9. The van der Waals surface area contributed by atoms with Crippen molar-refractivity contribution in [3.63, 3.8) is 0 Å². The van der Waals surface area contributed by atoms with Gasteiger partial charge in [0.05, 0.1) is 11.1 Å². The fraction of sp³-hybridized carbons (Fsp3) is 0. The first-order valence-electron chi connectivity index (χ1n) is 13.6. The number of phenols is 1. The van der Waals surface area contributed by atoms with Crippen LogP contribution in [0.1, 0.15) is 41.4 Å². The Bertz CT molecular complexity index is 1740. The number of anilines is 6. The first-order valence-corrected chi connectivity index (χ1v) is 13.6. The third kappa shape index (κ3) is 7.43. The molecule has 0 aliphatic carbocycles. The molecule has 0 spiro atoms. The molecule has 0 aliphatic heterocycles. The fourth-order valence-corrected chi connectivity index (χ4v) is 4.26. The minimum atomic E-state index is -0.637. The quantitative estimate of drug-likeness (QED) is 0.113. The summed E-state index contributed by atoms with van der Waals surface area (Å²) in [6.07, 6.45) is 0. The Kier molecular flexibility index (Phi) is 8.71. The van der Waals surface area contributed by atoms with Gasteiger partial charge in [-0.3, -0.25) is 19.2 Å². The highest BCUT2D eigenvalue weighted by Crippen LogP contribution is 2.26. The smallest absolute Gasteiger partial charge is 0.259 e. The molecular weight excluding hydrogens is 572 g/mol. The van der Waals surface area contributed by atoms with E-state index < -0.39 is 17.6 Å². The third-order valence-electron chi connectivity index (χ3n) is 6.67. The molecule has 0 heterocycles. The molecule has 5 rings (SSSR count). The molecule has 11 heteroatoms. The molecular formula is C34H28N6O5. The molecule has 0 saturated heterocycles. The monoisotopic (exact) mass is 600 g/mol. The van der Waals surface area contributed by atoms with Gasteiger partial charge in [0.25, 0.3) is 23.6 Å². The molecule has 11 nitrogen and oxygen atoms in total. The van der Waals surface area contributed by atoms with Crippen LogP contribution in [0.3, 0.4) is 0 Å². The highest BCUT2D eigenvalue weighted by molar-refractivity contribution is 6.12. The number of aromatic hydroxyl groups is 1. The van der Waals surface area contributed by atoms with Gasteiger partial charge in [0.15, 0.2) is 0 Å². The van der Waals surface area contributed by atoms with Crippen LogP contribution in [-0.4, -0.2) is 28.7 Å². The van der Waals surface area contributed by atoms with Gasteiger partial charge in [0.1, 0.15) is 5.75 Å². The van der Waals surface area contributed by atoms with Crippen molar-refractivity contribution in [1.29, 1.82) is 0 Å². The number of carbonyl (C=O) groups excluding carboxylic acids is 4. The molecule has 0 fully saturated rings. The average Bonchev–Trinajstić information content (AvgIpc) is 3.03. The van der Waals surface area contributed by atoms with E-state index in [4.69, 9.17) is 11.5 Å². The summed E-state index contributed by atoms with van der Waals surface area (Å²) >= 11 is 0. The topological polar surface area (TPSA) is 189 Å². The van der Waals surface area contributed by atoms with Crippen molar-refractivity contribution >= 4 is 57.8 Å². The number of hydrogen-bond acceptors (Lipinski definition) is 7. The zero-order valence-corrected chi connectivity index (χ0v) is 23.7. The second kappa shape index (κ2) is 13.1. The standard InChI is InChI=1S/C34H28N6O5/c35-22-8-4-20(5-9-22)31(42)37-24-12-16-26(17-13-24)39-33(44)28-2-1-3-29(30(28)41)34(45)40-27-18-14-25(15-19-27)38-32(43)21-6-10-23(36)11-7-21/h1-19,41H,35-36H2,(H,37,42)(H,38,43)(H,39,44)(H,40,45). The summed E-state index contributed by atoms with van der Waals surface area (Å²) in [5.41, 5.74) is 14.9. The summed E-state index contributed by atoms with van der Waals surface area (Å²) in [5, 5.41) is 21.7. The highest BCUT2D eigenvalue weighted by Gasteiger charge is 2.19.